The van der Waals surface area contributed by atoms with E-state index in [4.69, 9.17) is 9.47 Å². The number of nitrogens with one attached hydrogen (secondary N) is 1. The quantitative estimate of drug-likeness (QED) is 0.365. The van der Waals surface area contributed by atoms with Gasteiger partial charge in [0.2, 0.25) is 0 Å². The molecule has 0 atom stereocenters. The minimum atomic E-state index is -0.529. The highest BCUT2D eigenvalue weighted by molar-refractivity contribution is 9.10. The second-order valence-electron chi connectivity index (χ2n) is 5.64. The zero-order chi connectivity index (χ0) is 21.2. The number of benzene rings is 2. The fourth-order valence-corrected chi connectivity index (χ4v) is 2.75. The third-order valence-electron chi connectivity index (χ3n) is 3.63. The Bertz CT molecular complexity index is 949. The van der Waals surface area contributed by atoms with E-state index in [1.54, 1.807) is 42.5 Å². The SMILES string of the molecule is CCOc1ccc(NC(=O)/C(C#N)=C\c2ccc(OCC(=O)OC)c(Br)c2)cc1. The van der Waals surface area contributed by atoms with Crippen LogP contribution in [0.1, 0.15) is 12.5 Å². The molecule has 7 nitrogen and oxygen atoms in total. The molecule has 2 aromatic rings. The van der Waals surface area contributed by atoms with Gasteiger partial charge in [-0.2, -0.15) is 5.26 Å². The number of methoxy groups -OCH3 is 1. The van der Waals surface area contributed by atoms with Gasteiger partial charge in [0.25, 0.3) is 5.91 Å². The summed E-state index contributed by atoms with van der Waals surface area (Å²) >= 11 is 3.34. The Morgan fingerprint density at radius 2 is 1.90 bits per heavy atom. The first-order chi connectivity index (χ1) is 14.0. The van der Waals surface area contributed by atoms with Gasteiger partial charge in [0, 0.05) is 5.69 Å². The summed E-state index contributed by atoms with van der Waals surface area (Å²) in [4.78, 5) is 23.6. The maximum absolute atomic E-state index is 12.4. The van der Waals surface area contributed by atoms with Gasteiger partial charge in [-0.1, -0.05) is 6.07 Å². The predicted octanol–water partition coefficient (Wildman–Crippen LogP) is 3.95. The van der Waals surface area contributed by atoms with Crippen LogP contribution in [0.15, 0.2) is 52.5 Å². The van der Waals surface area contributed by atoms with Crippen molar-refractivity contribution in [2.45, 2.75) is 6.92 Å². The first kappa shape index (κ1) is 22.0. The summed E-state index contributed by atoms with van der Waals surface area (Å²) in [6.45, 7) is 2.21. The van der Waals surface area contributed by atoms with Crippen molar-refractivity contribution < 1.29 is 23.8 Å². The molecular weight excluding hydrogens is 440 g/mol. The highest BCUT2D eigenvalue weighted by atomic mass is 79.9. The normalized spacial score (nSPS) is 10.6. The van der Waals surface area contributed by atoms with E-state index >= 15 is 0 Å². The molecule has 0 bridgehead atoms. The van der Waals surface area contributed by atoms with Gasteiger partial charge in [-0.05, 0) is 70.9 Å². The number of halogens is 1. The van der Waals surface area contributed by atoms with Crippen molar-refractivity contribution in [2.24, 2.45) is 0 Å². The first-order valence-electron chi connectivity index (χ1n) is 8.62. The molecule has 0 saturated heterocycles. The lowest BCUT2D eigenvalue weighted by molar-refractivity contribution is -0.142. The lowest BCUT2D eigenvalue weighted by Crippen LogP contribution is -2.13. The van der Waals surface area contributed by atoms with Crippen LogP contribution in [0.2, 0.25) is 0 Å². The number of hydrogen-bond acceptors (Lipinski definition) is 6. The van der Waals surface area contributed by atoms with Crippen molar-refractivity contribution in [3.8, 4) is 17.6 Å². The number of nitriles is 1. The average Bonchev–Trinajstić information content (AvgIpc) is 2.72. The Kier molecular flexibility index (Phi) is 8.25. The van der Waals surface area contributed by atoms with Crippen LogP contribution in [0.3, 0.4) is 0 Å². The van der Waals surface area contributed by atoms with Gasteiger partial charge < -0.3 is 19.5 Å². The van der Waals surface area contributed by atoms with E-state index in [1.807, 2.05) is 13.0 Å². The molecule has 0 unspecified atom stereocenters. The molecule has 0 aliphatic heterocycles. The zero-order valence-electron chi connectivity index (χ0n) is 15.9. The summed E-state index contributed by atoms with van der Waals surface area (Å²) in [6, 6.07) is 13.7. The number of nitrogens with zero attached hydrogens (tertiary/aromatic N) is 1. The van der Waals surface area contributed by atoms with Crippen molar-refractivity contribution in [1.29, 1.82) is 5.26 Å². The van der Waals surface area contributed by atoms with Gasteiger partial charge in [0.15, 0.2) is 6.61 Å². The third-order valence-corrected chi connectivity index (χ3v) is 4.25. The number of esters is 1. The Morgan fingerprint density at radius 3 is 2.48 bits per heavy atom. The minimum absolute atomic E-state index is 0.0611. The number of anilines is 1. The molecule has 2 rings (SSSR count). The molecule has 2 aromatic carbocycles. The summed E-state index contributed by atoms with van der Waals surface area (Å²) in [5.74, 6) is 0.100. The molecule has 0 fully saturated rings. The minimum Gasteiger partial charge on any atom is -0.494 e. The molecule has 0 spiro atoms. The topological polar surface area (TPSA) is 97.6 Å². The van der Waals surface area contributed by atoms with Crippen molar-refractivity contribution in [3.05, 3.63) is 58.1 Å². The van der Waals surface area contributed by atoms with Crippen molar-refractivity contribution in [1.82, 2.24) is 0 Å². The Balaban J connectivity index is 2.09. The summed E-state index contributed by atoms with van der Waals surface area (Å²) in [6.07, 6.45) is 1.46. The standard InChI is InChI=1S/C21H19BrN2O5/c1-3-28-17-7-5-16(6-8-17)24-21(26)15(12-23)10-14-4-9-19(18(22)11-14)29-13-20(25)27-2/h4-11H,3,13H2,1-2H3,(H,24,26)/b15-10-. The lowest BCUT2D eigenvalue weighted by atomic mass is 10.1. The molecule has 0 aliphatic carbocycles. The van der Waals surface area contributed by atoms with E-state index in [2.05, 4.69) is 26.0 Å². The van der Waals surface area contributed by atoms with Crippen molar-refractivity contribution in [3.63, 3.8) is 0 Å². The van der Waals surface area contributed by atoms with Crippen LogP contribution >= 0.6 is 15.9 Å². The van der Waals surface area contributed by atoms with E-state index in [1.165, 1.54) is 13.2 Å². The number of hydrogen-bond donors (Lipinski definition) is 1. The Hall–Kier alpha value is -3.31. The smallest absolute Gasteiger partial charge is 0.343 e. The second-order valence-corrected chi connectivity index (χ2v) is 6.49. The first-order valence-corrected chi connectivity index (χ1v) is 9.41. The molecule has 29 heavy (non-hydrogen) atoms. The van der Waals surface area contributed by atoms with Gasteiger partial charge in [-0.15, -0.1) is 0 Å². The van der Waals surface area contributed by atoms with Crippen LogP contribution in [-0.2, 0) is 14.3 Å². The molecule has 1 amide bonds. The second kappa shape index (κ2) is 10.9. The molecular formula is C21H19BrN2O5. The molecule has 0 saturated carbocycles. The lowest BCUT2D eigenvalue weighted by Gasteiger charge is -2.08. The van der Waals surface area contributed by atoms with Crippen LogP contribution in [0.5, 0.6) is 11.5 Å². The zero-order valence-corrected chi connectivity index (χ0v) is 17.5. The Morgan fingerprint density at radius 1 is 1.17 bits per heavy atom. The van der Waals surface area contributed by atoms with Gasteiger partial charge >= 0.3 is 5.97 Å². The van der Waals surface area contributed by atoms with Gasteiger partial charge in [0.05, 0.1) is 18.2 Å². The largest absolute Gasteiger partial charge is 0.494 e. The van der Waals surface area contributed by atoms with Crippen LogP contribution in [0, 0.1) is 11.3 Å². The van der Waals surface area contributed by atoms with Crippen LogP contribution in [-0.4, -0.2) is 32.2 Å². The number of ether oxygens (including phenoxy) is 3. The molecule has 150 valence electrons. The number of rotatable bonds is 8. The van der Waals surface area contributed by atoms with E-state index in [0.717, 1.165) is 0 Å². The molecule has 8 heteroatoms. The number of amides is 1. The maximum atomic E-state index is 12.4. The monoisotopic (exact) mass is 458 g/mol. The highest BCUT2D eigenvalue weighted by Gasteiger charge is 2.11. The third kappa shape index (κ3) is 6.66. The molecule has 1 N–H and O–H groups in total. The fraction of sp³-hybridized carbons (Fsp3) is 0.190. The molecule has 0 aromatic heterocycles. The fourth-order valence-electron chi connectivity index (χ4n) is 2.23. The molecule has 0 heterocycles. The number of carbonyl (C=O) groups is 2. The summed E-state index contributed by atoms with van der Waals surface area (Å²) < 4.78 is 15.8. The maximum Gasteiger partial charge on any atom is 0.343 e. The van der Waals surface area contributed by atoms with Gasteiger partial charge in [0.1, 0.15) is 23.1 Å². The van der Waals surface area contributed by atoms with Gasteiger partial charge in [-0.3, -0.25) is 4.79 Å². The van der Waals surface area contributed by atoms with E-state index in [0.29, 0.717) is 33.8 Å². The summed E-state index contributed by atoms with van der Waals surface area (Å²) in [5, 5.41) is 12.0. The predicted molar refractivity (Wildman–Crippen MR) is 111 cm³/mol. The molecule has 0 aliphatic rings. The average molecular weight is 459 g/mol. The summed E-state index contributed by atoms with van der Waals surface area (Å²) in [7, 11) is 1.27. The van der Waals surface area contributed by atoms with Crippen LogP contribution in [0.25, 0.3) is 6.08 Å². The number of carbonyl (C=O) groups excluding carboxylic acids is 2. The van der Waals surface area contributed by atoms with E-state index in [9.17, 15) is 14.9 Å². The van der Waals surface area contributed by atoms with E-state index in [-0.39, 0.29) is 12.2 Å². The molecule has 0 radical (unpaired) electrons. The van der Waals surface area contributed by atoms with Crippen LogP contribution in [0.4, 0.5) is 5.69 Å². The van der Waals surface area contributed by atoms with Gasteiger partial charge in [-0.25, -0.2) is 4.79 Å². The van der Waals surface area contributed by atoms with Crippen molar-refractivity contribution in [2.75, 3.05) is 25.6 Å². The van der Waals surface area contributed by atoms with E-state index < -0.39 is 11.9 Å². The van der Waals surface area contributed by atoms with Crippen molar-refractivity contribution >= 4 is 39.6 Å². The Labute approximate surface area is 177 Å². The highest BCUT2D eigenvalue weighted by Crippen LogP contribution is 2.27. The van der Waals surface area contributed by atoms with Crippen LogP contribution < -0.4 is 14.8 Å². The summed E-state index contributed by atoms with van der Waals surface area (Å²) in [5.41, 5.74) is 1.10.